The Hall–Kier alpha value is -0.580. The van der Waals surface area contributed by atoms with Crippen LogP contribution in [0.15, 0.2) is 22.7 Å². The van der Waals surface area contributed by atoms with Crippen LogP contribution in [0.4, 0.5) is 5.69 Å². The highest BCUT2D eigenvalue weighted by Crippen LogP contribution is 2.28. The van der Waals surface area contributed by atoms with Gasteiger partial charge in [0.1, 0.15) is 0 Å². The minimum Gasteiger partial charge on any atom is -0.366 e. The minimum absolute atomic E-state index is 0.541. The highest BCUT2D eigenvalue weighted by Gasteiger charge is 2.29. The van der Waals surface area contributed by atoms with Gasteiger partial charge in [-0.05, 0) is 57.6 Å². The van der Waals surface area contributed by atoms with Gasteiger partial charge in [0.2, 0.25) is 0 Å². The molecule has 1 aliphatic rings. The summed E-state index contributed by atoms with van der Waals surface area (Å²) in [6.07, 6.45) is 1.06. The fraction of sp³-hybridized carbons (Fsp3) is 0.600. The number of anilines is 1. The zero-order valence-electron chi connectivity index (χ0n) is 12.1. The molecule has 1 aliphatic heterocycles. The van der Waals surface area contributed by atoms with Gasteiger partial charge in [-0.2, -0.15) is 0 Å². The molecule has 1 heterocycles. The Labute approximate surface area is 124 Å². The van der Waals surface area contributed by atoms with E-state index in [0.717, 1.165) is 30.5 Å². The van der Waals surface area contributed by atoms with Crippen molar-refractivity contribution in [3.05, 3.63) is 28.2 Å². The summed E-state index contributed by atoms with van der Waals surface area (Å²) in [5.41, 5.74) is 8.42. The van der Waals surface area contributed by atoms with Crippen LogP contribution in [0.3, 0.4) is 0 Å². The van der Waals surface area contributed by atoms with Crippen molar-refractivity contribution in [3.63, 3.8) is 0 Å². The smallest absolute Gasteiger partial charge is 0.0400 e. The fourth-order valence-electron chi connectivity index (χ4n) is 2.99. The summed E-state index contributed by atoms with van der Waals surface area (Å²) in [6, 6.07) is 7.65. The van der Waals surface area contributed by atoms with E-state index in [1.165, 1.54) is 11.3 Å². The molecule has 106 valence electrons. The van der Waals surface area contributed by atoms with Gasteiger partial charge in [-0.3, -0.25) is 4.90 Å². The van der Waals surface area contributed by atoms with Gasteiger partial charge in [-0.1, -0.05) is 15.9 Å². The number of hydrogen-bond acceptors (Lipinski definition) is 3. The molecule has 1 aromatic carbocycles. The predicted molar refractivity (Wildman–Crippen MR) is 85.8 cm³/mol. The standard InChI is InChI=1S/C15H24BrN3/c1-11-8-13(16)4-5-15(11)19-10-14(6-7-17)18(3)9-12(19)2/h4-5,8,12,14H,6-7,9-10,17H2,1-3H3. The van der Waals surface area contributed by atoms with Crippen molar-refractivity contribution in [1.82, 2.24) is 4.90 Å². The van der Waals surface area contributed by atoms with E-state index in [1.807, 2.05) is 0 Å². The molecule has 2 unspecified atom stereocenters. The van der Waals surface area contributed by atoms with Crippen LogP contribution in [0, 0.1) is 6.92 Å². The van der Waals surface area contributed by atoms with Gasteiger partial charge in [0.05, 0.1) is 0 Å². The second-order valence-corrected chi connectivity index (χ2v) is 6.52. The molecular weight excluding hydrogens is 302 g/mol. The van der Waals surface area contributed by atoms with Crippen molar-refractivity contribution in [3.8, 4) is 0 Å². The summed E-state index contributed by atoms with van der Waals surface area (Å²) in [5.74, 6) is 0. The Morgan fingerprint density at radius 2 is 2.11 bits per heavy atom. The highest BCUT2D eigenvalue weighted by molar-refractivity contribution is 9.10. The van der Waals surface area contributed by atoms with Gasteiger partial charge in [0, 0.05) is 35.3 Å². The van der Waals surface area contributed by atoms with Gasteiger partial charge < -0.3 is 10.6 Å². The maximum absolute atomic E-state index is 5.74. The van der Waals surface area contributed by atoms with Gasteiger partial charge in [0.15, 0.2) is 0 Å². The van der Waals surface area contributed by atoms with E-state index >= 15 is 0 Å². The van der Waals surface area contributed by atoms with E-state index in [0.29, 0.717) is 12.1 Å². The molecule has 4 heteroatoms. The molecule has 0 spiro atoms. The maximum Gasteiger partial charge on any atom is 0.0400 e. The first-order valence-corrected chi connectivity index (χ1v) is 7.75. The van der Waals surface area contributed by atoms with E-state index in [1.54, 1.807) is 0 Å². The quantitative estimate of drug-likeness (QED) is 0.927. The first-order chi connectivity index (χ1) is 9.02. The summed E-state index contributed by atoms with van der Waals surface area (Å²) in [6.45, 7) is 7.41. The molecule has 0 bridgehead atoms. The number of rotatable bonds is 3. The second kappa shape index (κ2) is 6.25. The summed E-state index contributed by atoms with van der Waals surface area (Å²) < 4.78 is 1.15. The Bertz CT molecular complexity index is 435. The highest BCUT2D eigenvalue weighted by atomic mass is 79.9. The molecular formula is C15H24BrN3. The normalized spacial score (nSPS) is 24.8. The maximum atomic E-state index is 5.74. The largest absolute Gasteiger partial charge is 0.366 e. The van der Waals surface area contributed by atoms with Crippen molar-refractivity contribution < 1.29 is 0 Å². The summed E-state index contributed by atoms with van der Waals surface area (Å²) >= 11 is 3.54. The van der Waals surface area contributed by atoms with Crippen LogP contribution in [0.2, 0.25) is 0 Å². The molecule has 0 saturated carbocycles. The van der Waals surface area contributed by atoms with E-state index < -0.39 is 0 Å². The minimum atomic E-state index is 0.541. The number of benzene rings is 1. The molecule has 0 aliphatic carbocycles. The van der Waals surface area contributed by atoms with E-state index in [4.69, 9.17) is 5.73 Å². The molecule has 2 N–H and O–H groups in total. The number of likely N-dealkylation sites (N-methyl/N-ethyl adjacent to an activating group) is 1. The average Bonchev–Trinajstić information content (AvgIpc) is 2.34. The summed E-state index contributed by atoms with van der Waals surface area (Å²) in [4.78, 5) is 4.98. The molecule has 0 amide bonds. The third kappa shape index (κ3) is 3.30. The zero-order valence-corrected chi connectivity index (χ0v) is 13.7. The number of piperazine rings is 1. The second-order valence-electron chi connectivity index (χ2n) is 5.60. The SMILES string of the molecule is Cc1cc(Br)ccc1N1CC(CCN)N(C)CC1C. The first-order valence-electron chi connectivity index (χ1n) is 6.96. The van der Waals surface area contributed by atoms with E-state index in [-0.39, 0.29) is 0 Å². The van der Waals surface area contributed by atoms with Gasteiger partial charge in [-0.15, -0.1) is 0 Å². The van der Waals surface area contributed by atoms with Crippen LogP contribution >= 0.6 is 15.9 Å². The van der Waals surface area contributed by atoms with Crippen LogP contribution in [-0.4, -0.2) is 43.7 Å². The molecule has 1 fully saturated rings. The lowest BCUT2D eigenvalue weighted by atomic mass is 10.0. The van der Waals surface area contributed by atoms with Crippen LogP contribution in [-0.2, 0) is 0 Å². The zero-order chi connectivity index (χ0) is 14.0. The Kier molecular flexibility index (Phi) is 4.87. The molecule has 2 rings (SSSR count). The van der Waals surface area contributed by atoms with Gasteiger partial charge in [0.25, 0.3) is 0 Å². The van der Waals surface area contributed by atoms with Crippen LogP contribution in [0.1, 0.15) is 18.9 Å². The first kappa shape index (κ1) is 14.8. The topological polar surface area (TPSA) is 32.5 Å². The predicted octanol–water partition coefficient (Wildman–Crippen LogP) is 2.62. The van der Waals surface area contributed by atoms with Crippen molar-refractivity contribution in [2.75, 3.05) is 31.6 Å². The molecule has 0 aromatic heterocycles. The van der Waals surface area contributed by atoms with Crippen molar-refractivity contribution >= 4 is 21.6 Å². The van der Waals surface area contributed by atoms with Crippen molar-refractivity contribution in [2.45, 2.75) is 32.4 Å². The van der Waals surface area contributed by atoms with Crippen LogP contribution in [0.5, 0.6) is 0 Å². The molecule has 1 saturated heterocycles. The number of nitrogens with two attached hydrogens (primary N) is 1. The van der Waals surface area contributed by atoms with Gasteiger partial charge >= 0.3 is 0 Å². The lowest BCUT2D eigenvalue weighted by molar-refractivity contribution is 0.185. The van der Waals surface area contributed by atoms with E-state index in [9.17, 15) is 0 Å². The number of hydrogen-bond donors (Lipinski definition) is 1. The molecule has 1 aromatic rings. The molecule has 19 heavy (non-hydrogen) atoms. The monoisotopic (exact) mass is 325 g/mol. The van der Waals surface area contributed by atoms with Crippen molar-refractivity contribution in [1.29, 1.82) is 0 Å². The van der Waals surface area contributed by atoms with Crippen LogP contribution < -0.4 is 10.6 Å². The third-order valence-electron chi connectivity index (χ3n) is 4.08. The molecule has 2 atom stereocenters. The number of halogens is 1. The lowest BCUT2D eigenvalue weighted by Gasteiger charge is -2.45. The molecule has 0 radical (unpaired) electrons. The fourth-order valence-corrected chi connectivity index (χ4v) is 3.47. The Balaban J connectivity index is 2.22. The van der Waals surface area contributed by atoms with Gasteiger partial charge in [-0.25, -0.2) is 0 Å². The Morgan fingerprint density at radius 1 is 1.37 bits per heavy atom. The summed E-state index contributed by atoms with van der Waals surface area (Å²) in [7, 11) is 2.21. The van der Waals surface area contributed by atoms with Crippen molar-refractivity contribution in [2.24, 2.45) is 5.73 Å². The Morgan fingerprint density at radius 3 is 2.74 bits per heavy atom. The van der Waals surface area contributed by atoms with E-state index in [2.05, 4.69) is 64.8 Å². The average molecular weight is 326 g/mol. The lowest BCUT2D eigenvalue weighted by Crippen LogP contribution is -2.56. The summed E-state index contributed by atoms with van der Waals surface area (Å²) in [5, 5.41) is 0. The van der Waals surface area contributed by atoms with Crippen LogP contribution in [0.25, 0.3) is 0 Å². The third-order valence-corrected chi connectivity index (χ3v) is 4.58. The number of nitrogens with zero attached hydrogens (tertiary/aromatic N) is 2. The molecule has 3 nitrogen and oxygen atoms in total. The number of aryl methyl sites for hydroxylation is 1.